The van der Waals surface area contributed by atoms with Gasteiger partial charge < -0.3 is 15.2 Å². The molecule has 0 unspecified atom stereocenters. The number of aromatic nitrogens is 1. The first-order chi connectivity index (χ1) is 10.8. The lowest BCUT2D eigenvalue weighted by atomic mass is 10.1. The van der Waals surface area contributed by atoms with E-state index < -0.39 is 0 Å². The second-order valence-electron chi connectivity index (χ2n) is 6.27. The Morgan fingerprint density at radius 3 is 2.82 bits per heavy atom. The van der Waals surface area contributed by atoms with Crippen LogP contribution in [0, 0.1) is 0 Å². The third-order valence-electron chi connectivity index (χ3n) is 4.66. The number of likely N-dealkylation sites (tertiary alicyclic amines) is 1. The Morgan fingerprint density at radius 2 is 2.05 bits per heavy atom. The average Bonchev–Trinajstić information content (AvgIpc) is 2.99. The zero-order chi connectivity index (χ0) is 15.4. The van der Waals surface area contributed by atoms with Crippen LogP contribution in [0.25, 0.3) is 10.9 Å². The number of hydrogen-bond acceptors (Lipinski definition) is 1. The maximum Gasteiger partial charge on any atom is 0.267 e. The van der Waals surface area contributed by atoms with Crippen molar-refractivity contribution in [1.82, 2.24) is 10.3 Å². The van der Waals surface area contributed by atoms with Crippen molar-refractivity contribution in [3.05, 3.63) is 35.5 Å². The average molecular weight is 300 g/mol. The minimum atomic E-state index is 0.00524. The van der Waals surface area contributed by atoms with Gasteiger partial charge in [0, 0.05) is 10.9 Å². The molecule has 3 rings (SSSR count). The summed E-state index contributed by atoms with van der Waals surface area (Å²) in [5.41, 5.74) is 2.99. The minimum Gasteiger partial charge on any atom is -0.351 e. The van der Waals surface area contributed by atoms with Crippen molar-refractivity contribution >= 4 is 16.8 Å². The van der Waals surface area contributed by atoms with Crippen molar-refractivity contribution in [3.63, 3.8) is 0 Å². The molecule has 0 atom stereocenters. The van der Waals surface area contributed by atoms with Crippen LogP contribution in [0.4, 0.5) is 0 Å². The molecule has 22 heavy (non-hydrogen) atoms. The lowest BCUT2D eigenvalue weighted by Gasteiger charge is -2.23. The number of benzene rings is 1. The number of aromatic amines is 1. The highest BCUT2D eigenvalue weighted by atomic mass is 16.1. The maximum atomic E-state index is 12.3. The van der Waals surface area contributed by atoms with Crippen LogP contribution < -0.4 is 10.2 Å². The number of aryl methyl sites for hydroxylation is 1. The molecule has 0 saturated carbocycles. The highest BCUT2D eigenvalue weighted by Crippen LogP contribution is 2.17. The molecule has 3 N–H and O–H groups in total. The highest BCUT2D eigenvalue weighted by Gasteiger charge is 2.14. The van der Waals surface area contributed by atoms with Crippen LogP contribution in [0.3, 0.4) is 0 Å². The summed E-state index contributed by atoms with van der Waals surface area (Å²) in [6, 6.07) is 8.28. The van der Waals surface area contributed by atoms with E-state index in [9.17, 15) is 4.79 Å². The molecule has 0 aliphatic carbocycles. The summed E-state index contributed by atoms with van der Waals surface area (Å²) < 4.78 is 0. The summed E-state index contributed by atoms with van der Waals surface area (Å²) in [5.74, 6) is 0.00524. The molecule has 1 fully saturated rings. The zero-order valence-electron chi connectivity index (χ0n) is 13.4. The highest BCUT2D eigenvalue weighted by molar-refractivity contribution is 5.98. The molecule has 1 aromatic heterocycles. The normalized spacial score (nSPS) is 16.0. The van der Waals surface area contributed by atoms with Crippen molar-refractivity contribution in [1.29, 1.82) is 0 Å². The van der Waals surface area contributed by atoms with Gasteiger partial charge in [-0.3, -0.25) is 4.79 Å². The van der Waals surface area contributed by atoms with Gasteiger partial charge in [-0.2, -0.15) is 0 Å². The Kier molecular flexibility index (Phi) is 4.78. The SMILES string of the molecule is CCc1ccc2[nH]c(C(=O)NCC[NH+]3CCCCC3)cc2c1. The van der Waals surface area contributed by atoms with E-state index in [-0.39, 0.29) is 5.91 Å². The van der Waals surface area contributed by atoms with Crippen molar-refractivity contribution in [3.8, 4) is 0 Å². The molecule has 4 nitrogen and oxygen atoms in total. The lowest BCUT2D eigenvalue weighted by Crippen LogP contribution is -3.13. The smallest absolute Gasteiger partial charge is 0.267 e. The second kappa shape index (κ2) is 6.97. The predicted molar refractivity (Wildman–Crippen MR) is 89.4 cm³/mol. The number of carbonyl (C=O) groups is 1. The lowest BCUT2D eigenvalue weighted by molar-refractivity contribution is -0.903. The van der Waals surface area contributed by atoms with E-state index in [1.807, 2.05) is 6.07 Å². The third kappa shape index (κ3) is 3.50. The minimum absolute atomic E-state index is 0.00524. The van der Waals surface area contributed by atoms with Gasteiger partial charge in [0.05, 0.1) is 26.2 Å². The summed E-state index contributed by atoms with van der Waals surface area (Å²) in [7, 11) is 0. The van der Waals surface area contributed by atoms with Gasteiger partial charge in [-0.05, 0) is 49.4 Å². The predicted octanol–water partition coefficient (Wildman–Crippen LogP) is 1.53. The fraction of sp³-hybridized carbons (Fsp3) is 0.500. The van der Waals surface area contributed by atoms with Crippen LogP contribution in [0.5, 0.6) is 0 Å². The van der Waals surface area contributed by atoms with Gasteiger partial charge in [0.15, 0.2) is 0 Å². The fourth-order valence-electron chi connectivity index (χ4n) is 3.27. The third-order valence-corrected chi connectivity index (χ3v) is 4.66. The van der Waals surface area contributed by atoms with Gasteiger partial charge >= 0.3 is 0 Å². The topological polar surface area (TPSA) is 49.3 Å². The number of piperidine rings is 1. The molecule has 1 amide bonds. The van der Waals surface area contributed by atoms with Crippen molar-refractivity contribution < 1.29 is 9.69 Å². The van der Waals surface area contributed by atoms with Crippen LogP contribution >= 0.6 is 0 Å². The van der Waals surface area contributed by atoms with E-state index in [2.05, 4.69) is 35.4 Å². The second-order valence-corrected chi connectivity index (χ2v) is 6.27. The Bertz CT molecular complexity index is 641. The Morgan fingerprint density at radius 1 is 1.23 bits per heavy atom. The molecule has 0 spiro atoms. The molecule has 2 heterocycles. The molecule has 4 heteroatoms. The van der Waals surface area contributed by atoms with Crippen LogP contribution in [-0.4, -0.2) is 37.1 Å². The molecule has 1 aromatic carbocycles. The number of amides is 1. The van der Waals surface area contributed by atoms with Gasteiger partial charge in [0.25, 0.3) is 5.91 Å². The van der Waals surface area contributed by atoms with Crippen molar-refractivity contribution in [2.75, 3.05) is 26.2 Å². The molecule has 1 aliphatic rings. The summed E-state index contributed by atoms with van der Waals surface area (Å²) in [5, 5.41) is 4.16. The van der Waals surface area contributed by atoms with Gasteiger partial charge in [0.2, 0.25) is 0 Å². The summed E-state index contributed by atoms with van der Waals surface area (Å²) in [6.07, 6.45) is 5.03. The van der Waals surface area contributed by atoms with E-state index >= 15 is 0 Å². The largest absolute Gasteiger partial charge is 0.351 e. The van der Waals surface area contributed by atoms with Crippen molar-refractivity contribution in [2.45, 2.75) is 32.6 Å². The van der Waals surface area contributed by atoms with E-state index in [0.29, 0.717) is 5.69 Å². The monoisotopic (exact) mass is 300 g/mol. The Hall–Kier alpha value is -1.81. The van der Waals surface area contributed by atoms with E-state index in [1.165, 1.54) is 37.9 Å². The van der Waals surface area contributed by atoms with Crippen LogP contribution in [0.1, 0.15) is 42.2 Å². The summed E-state index contributed by atoms with van der Waals surface area (Å²) in [4.78, 5) is 17.1. The summed E-state index contributed by atoms with van der Waals surface area (Å²) in [6.45, 7) is 6.43. The van der Waals surface area contributed by atoms with E-state index in [1.54, 1.807) is 4.90 Å². The first-order valence-electron chi connectivity index (χ1n) is 8.49. The van der Waals surface area contributed by atoms with Gasteiger partial charge in [0.1, 0.15) is 5.69 Å². The molecule has 2 aromatic rings. The van der Waals surface area contributed by atoms with E-state index in [0.717, 1.165) is 30.4 Å². The maximum absolute atomic E-state index is 12.3. The van der Waals surface area contributed by atoms with Crippen LogP contribution in [0.2, 0.25) is 0 Å². The van der Waals surface area contributed by atoms with Crippen LogP contribution in [0.15, 0.2) is 24.3 Å². The first kappa shape index (κ1) is 15.1. The quantitative estimate of drug-likeness (QED) is 0.770. The molecular weight excluding hydrogens is 274 g/mol. The number of nitrogens with one attached hydrogen (secondary N) is 3. The number of fused-ring (bicyclic) bond motifs is 1. The van der Waals surface area contributed by atoms with E-state index in [4.69, 9.17) is 0 Å². The molecular formula is C18H26N3O+. The molecule has 118 valence electrons. The van der Waals surface area contributed by atoms with Gasteiger partial charge in [-0.1, -0.05) is 13.0 Å². The standard InChI is InChI=1S/C18H25N3O/c1-2-14-6-7-16-15(12-14)13-17(20-16)18(22)19-8-11-21-9-4-3-5-10-21/h6-7,12-13,20H,2-5,8-11H2,1H3,(H,19,22)/p+1. The van der Waals surface area contributed by atoms with Crippen molar-refractivity contribution in [2.24, 2.45) is 0 Å². The Labute approximate surface area is 131 Å². The molecule has 0 radical (unpaired) electrons. The molecule has 0 bridgehead atoms. The molecule has 1 saturated heterocycles. The number of hydrogen-bond donors (Lipinski definition) is 3. The number of carbonyl (C=O) groups excluding carboxylic acids is 1. The first-order valence-corrected chi connectivity index (χ1v) is 8.49. The number of quaternary nitrogens is 1. The fourth-order valence-corrected chi connectivity index (χ4v) is 3.27. The molecule has 1 aliphatic heterocycles. The number of H-pyrrole nitrogens is 1. The van der Waals surface area contributed by atoms with Gasteiger partial charge in [-0.15, -0.1) is 0 Å². The summed E-state index contributed by atoms with van der Waals surface area (Å²) >= 11 is 0. The van der Waals surface area contributed by atoms with Gasteiger partial charge in [-0.25, -0.2) is 0 Å². The Balaban J connectivity index is 1.57. The van der Waals surface area contributed by atoms with Crippen LogP contribution in [-0.2, 0) is 6.42 Å². The number of rotatable bonds is 5. The zero-order valence-corrected chi connectivity index (χ0v) is 13.4.